The summed E-state index contributed by atoms with van der Waals surface area (Å²) in [5, 5.41) is 0. The van der Waals surface area contributed by atoms with Crippen molar-refractivity contribution < 1.29 is 13.2 Å². The van der Waals surface area contributed by atoms with Crippen molar-refractivity contribution in [3.8, 4) is 11.8 Å². The van der Waals surface area contributed by atoms with Crippen LogP contribution in [0.2, 0.25) is 0 Å². The first-order valence-corrected chi connectivity index (χ1v) is 17.2. The second-order valence-electron chi connectivity index (χ2n) is 14.6. The number of fused-ring (bicyclic) bond motifs is 4. The number of anilines is 1. The molecule has 3 fully saturated rings. The van der Waals surface area contributed by atoms with Gasteiger partial charge < -0.3 is 4.90 Å². The third-order valence-corrected chi connectivity index (χ3v) is 12.7. The van der Waals surface area contributed by atoms with Gasteiger partial charge in [-0.3, -0.25) is 4.79 Å². The van der Waals surface area contributed by atoms with Crippen LogP contribution in [-0.2, 0) is 14.6 Å². The minimum atomic E-state index is -2.91. The molecule has 214 valence electrons. The Kier molecular flexibility index (Phi) is 6.69. The molecule has 6 rings (SSSR count). The Morgan fingerprint density at radius 3 is 2.35 bits per heavy atom. The standard InChI is InChI=1S/C35H45NO3S/c1-33(2,3)16-17-34(4)15-14-31-29-12-8-25-22-27(37)11-13-28(25)32(29)30(23-35(31,34)5)24-6-9-26(10-7-24)36-18-20-40(38,39)21-19-36/h6-7,9-10,22,29-31H,8,11-15,18-21,23H2,1-5H3/t29-,30+,31-,34-,35-/m0/s1. The van der Waals surface area contributed by atoms with Crippen molar-refractivity contribution in [2.24, 2.45) is 28.1 Å². The molecule has 0 aromatic heterocycles. The van der Waals surface area contributed by atoms with Gasteiger partial charge in [-0.05, 0) is 118 Å². The minimum absolute atomic E-state index is 0.0125. The van der Waals surface area contributed by atoms with Gasteiger partial charge in [0.1, 0.15) is 0 Å². The lowest BCUT2D eigenvalue weighted by Crippen LogP contribution is -2.46. The number of benzene rings is 1. The summed E-state index contributed by atoms with van der Waals surface area (Å²) in [6.45, 7) is 12.7. The van der Waals surface area contributed by atoms with E-state index in [-0.39, 0.29) is 33.5 Å². The summed E-state index contributed by atoms with van der Waals surface area (Å²) in [4.78, 5) is 14.6. The average Bonchev–Trinajstić information content (AvgIpc) is 3.17. The molecule has 2 saturated carbocycles. The van der Waals surface area contributed by atoms with E-state index >= 15 is 0 Å². The van der Waals surface area contributed by atoms with Crippen molar-refractivity contribution in [3.63, 3.8) is 0 Å². The van der Waals surface area contributed by atoms with Gasteiger partial charge in [-0.15, -0.1) is 0 Å². The Balaban J connectivity index is 1.41. The van der Waals surface area contributed by atoms with Gasteiger partial charge in [0.25, 0.3) is 0 Å². The number of sulfone groups is 1. The fourth-order valence-electron chi connectivity index (χ4n) is 8.62. The summed E-state index contributed by atoms with van der Waals surface area (Å²) in [5.41, 5.74) is 6.98. The Morgan fingerprint density at radius 2 is 1.68 bits per heavy atom. The quantitative estimate of drug-likeness (QED) is 0.371. The molecule has 0 radical (unpaired) electrons. The van der Waals surface area contributed by atoms with E-state index in [9.17, 15) is 13.2 Å². The first-order chi connectivity index (χ1) is 18.8. The predicted molar refractivity (Wildman–Crippen MR) is 163 cm³/mol. The molecule has 0 bridgehead atoms. The van der Waals surface area contributed by atoms with Crippen LogP contribution in [0.3, 0.4) is 0 Å². The van der Waals surface area contributed by atoms with Gasteiger partial charge in [0, 0.05) is 41.9 Å². The van der Waals surface area contributed by atoms with E-state index < -0.39 is 9.84 Å². The fraction of sp³-hybridized carbons (Fsp3) is 0.629. The zero-order chi connectivity index (χ0) is 28.5. The molecule has 1 saturated heterocycles. The van der Waals surface area contributed by atoms with E-state index in [1.165, 1.54) is 23.1 Å². The smallest absolute Gasteiger partial charge is 0.156 e. The van der Waals surface area contributed by atoms with Crippen molar-refractivity contribution in [1.82, 2.24) is 0 Å². The molecule has 5 atom stereocenters. The van der Waals surface area contributed by atoms with Gasteiger partial charge in [-0.1, -0.05) is 36.5 Å². The highest BCUT2D eigenvalue weighted by Crippen LogP contribution is 2.69. The number of allylic oxidation sites excluding steroid dienone is 4. The van der Waals surface area contributed by atoms with E-state index in [4.69, 9.17) is 0 Å². The van der Waals surface area contributed by atoms with Gasteiger partial charge in [0.05, 0.1) is 11.5 Å². The van der Waals surface area contributed by atoms with Gasteiger partial charge in [0.2, 0.25) is 0 Å². The molecule has 1 heterocycles. The number of carbonyl (C=O) groups is 1. The number of carbonyl (C=O) groups excluding carboxylic acids is 1. The highest BCUT2D eigenvalue weighted by atomic mass is 32.2. The van der Waals surface area contributed by atoms with E-state index in [2.05, 4.69) is 75.6 Å². The Bertz CT molecular complexity index is 1430. The largest absolute Gasteiger partial charge is 0.369 e. The normalized spacial score (nSPS) is 35.2. The van der Waals surface area contributed by atoms with Crippen molar-refractivity contribution in [2.75, 3.05) is 29.5 Å². The summed E-state index contributed by atoms with van der Waals surface area (Å²) in [6, 6.07) is 9.02. The molecule has 5 heteroatoms. The van der Waals surface area contributed by atoms with Crippen LogP contribution in [0.15, 0.2) is 47.1 Å². The van der Waals surface area contributed by atoms with Crippen LogP contribution in [0.25, 0.3) is 0 Å². The van der Waals surface area contributed by atoms with Crippen LogP contribution in [0, 0.1) is 39.9 Å². The lowest BCUT2D eigenvalue weighted by atomic mass is 9.49. The highest BCUT2D eigenvalue weighted by molar-refractivity contribution is 7.91. The van der Waals surface area contributed by atoms with E-state index in [1.54, 1.807) is 5.57 Å². The molecule has 1 aliphatic heterocycles. The van der Waals surface area contributed by atoms with Crippen molar-refractivity contribution in [3.05, 3.63) is 52.6 Å². The van der Waals surface area contributed by atoms with Gasteiger partial charge in [-0.25, -0.2) is 8.42 Å². The molecule has 4 aliphatic carbocycles. The lowest BCUT2D eigenvalue weighted by Gasteiger charge is -2.54. The van der Waals surface area contributed by atoms with E-state index in [0.29, 0.717) is 37.3 Å². The third kappa shape index (κ3) is 4.79. The molecule has 0 amide bonds. The third-order valence-electron chi connectivity index (χ3n) is 11.1. The molecular formula is C35H45NO3S. The van der Waals surface area contributed by atoms with Crippen LogP contribution in [0.5, 0.6) is 0 Å². The first kappa shape index (κ1) is 27.8. The Hall–Kier alpha value is -2.32. The Morgan fingerprint density at radius 1 is 0.975 bits per heavy atom. The highest BCUT2D eigenvalue weighted by Gasteiger charge is 2.61. The van der Waals surface area contributed by atoms with Gasteiger partial charge in [-0.2, -0.15) is 0 Å². The molecule has 1 aromatic rings. The molecule has 5 aliphatic rings. The summed E-state index contributed by atoms with van der Waals surface area (Å²) in [6.07, 6.45) is 9.11. The van der Waals surface area contributed by atoms with Gasteiger partial charge in [0.15, 0.2) is 15.6 Å². The SMILES string of the molecule is CC(C)(C)C#C[C@]1(C)CC[C@H]2[C@@H]3CCC4=CC(=O)CCC4=C3[C@@H](c3ccc(N4CCS(=O)(=O)CC4)cc3)C[C@@]21C. The summed E-state index contributed by atoms with van der Waals surface area (Å²) >= 11 is 0. The predicted octanol–water partition coefficient (Wildman–Crippen LogP) is 6.88. The minimum Gasteiger partial charge on any atom is -0.369 e. The number of nitrogens with zero attached hydrogens (tertiary/aromatic N) is 1. The van der Waals surface area contributed by atoms with Crippen LogP contribution in [0.4, 0.5) is 5.69 Å². The van der Waals surface area contributed by atoms with Crippen LogP contribution in [0.1, 0.15) is 91.0 Å². The molecule has 4 nitrogen and oxygen atoms in total. The summed E-state index contributed by atoms with van der Waals surface area (Å²) < 4.78 is 23.9. The fourth-order valence-corrected chi connectivity index (χ4v) is 9.82. The average molecular weight is 560 g/mol. The van der Waals surface area contributed by atoms with Gasteiger partial charge >= 0.3 is 0 Å². The molecule has 0 spiro atoms. The maximum absolute atomic E-state index is 12.4. The number of hydrogen-bond acceptors (Lipinski definition) is 4. The van der Waals surface area contributed by atoms with E-state index in [0.717, 1.165) is 37.8 Å². The molecule has 40 heavy (non-hydrogen) atoms. The molecule has 0 unspecified atom stereocenters. The monoisotopic (exact) mass is 559 g/mol. The molecule has 1 aromatic carbocycles. The first-order valence-electron chi connectivity index (χ1n) is 15.4. The van der Waals surface area contributed by atoms with Crippen LogP contribution >= 0.6 is 0 Å². The number of hydrogen-bond donors (Lipinski definition) is 0. The van der Waals surface area contributed by atoms with Crippen molar-refractivity contribution in [2.45, 2.75) is 85.5 Å². The summed E-state index contributed by atoms with van der Waals surface area (Å²) in [5.74, 6) is 9.73. The zero-order valence-electron chi connectivity index (χ0n) is 25.0. The van der Waals surface area contributed by atoms with Crippen LogP contribution in [-0.4, -0.2) is 38.8 Å². The maximum atomic E-state index is 12.4. The molecular weight excluding hydrogens is 514 g/mol. The topological polar surface area (TPSA) is 54.5 Å². The number of rotatable bonds is 2. The van der Waals surface area contributed by atoms with Crippen LogP contribution < -0.4 is 4.90 Å². The van der Waals surface area contributed by atoms with Crippen molar-refractivity contribution in [1.29, 1.82) is 0 Å². The zero-order valence-corrected chi connectivity index (χ0v) is 25.8. The second-order valence-corrected chi connectivity index (χ2v) is 16.9. The van der Waals surface area contributed by atoms with E-state index in [1.807, 2.05) is 6.08 Å². The number of ketones is 1. The maximum Gasteiger partial charge on any atom is 0.156 e. The van der Waals surface area contributed by atoms with Crippen molar-refractivity contribution >= 4 is 21.3 Å². The molecule has 0 N–H and O–H groups in total. The summed E-state index contributed by atoms with van der Waals surface area (Å²) in [7, 11) is -2.91. The Labute approximate surface area is 241 Å². The lowest BCUT2D eigenvalue weighted by molar-refractivity contribution is -0.114. The second kappa shape index (κ2) is 9.62.